The number of alkyl halides is 3. The molecule has 1 aliphatic rings. The van der Waals surface area contributed by atoms with Gasteiger partial charge in [0.25, 0.3) is 0 Å². The zero-order valence-electron chi connectivity index (χ0n) is 10.9. The number of anilines is 1. The summed E-state index contributed by atoms with van der Waals surface area (Å²) in [5.74, 6) is -0.00143. The molecule has 1 amide bonds. The van der Waals surface area contributed by atoms with Crippen LogP contribution >= 0.6 is 0 Å². The first-order chi connectivity index (χ1) is 9.45. The van der Waals surface area contributed by atoms with Gasteiger partial charge in [0.15, 0.2) is 0 Å². The van der Waals surface area contributed by atoms with Crippen molar-refractivity contribution < 1.29 is 22.7 Å². The van der Waals surface area contributed by atoms with E-state index < -0.39 is 11.7 Å². The van der Waals surface area contributed by atoms with Crippen LogP contribution < -0.4 is 5.32 Å². The first kappa shape index (κ1) is 14.8. The summed E-state index contributed by atoms with van der Waals surface area (Å²) in [6.07, 6.45) is -2.14. The summed E-state index contributed by atoms with van der Waals surface area (Å²) >= 11 is 0. The van der Waals surface area contributed by atoms with E-state index in [1.807, 2.05) is 0 Å². The Hall–Kier alpha value is -1.56. The highest BCUT2D eigenvalue weighted by Gasteiger charge is 2.30. The summed E-state index contributed by atoms with van der Waals surface area (Å²) in [5, 5.41) is 2.61. The first-order valence-electron chi connectivity index (χ1n) is 6.50. The lowest BCUT2D eigenvalue weighted by Crippen LogP contribution is -2.23. The highest BCUT2D eigenvalue weighted by molar-refractivity contribution is 5.90. The molecule has 3 nitrogen and oxygen atoms in total. The van der Waals surface area contributed by atoms with Crippen LogP contribution in [0.3, 0.4) is 0 Å². The van der Waals surface area contributed by atoms with Gasteiger partial charge in [-0.3, -0.25) is 4.79 Å². The lowest BCUT2D eigenvalue weighted by Gasteiger charge is -2.21. The zero-order valence-corrected chi connectivity index (χ0v) is 10.9. The summed E-state index contributed by atoms with van der Waals surface area (Å²) in [7, 11) is 0. The molecule has 0 bridgehead atoms. The molecule has 1 N–H and O–H groups in total. The average Bonchev–Trinajstić information content (AvgIpc) is 2.39. The summed E-state index contributed by atoms with van der Waals surface area (Å²) in [4.78, 5) is 11.8. The normalized spacial score (nSPS) is 19.6. The average molecular weight is 287 g/mol. The Morgan fingerprint density at radius 1 is 1.30 bits per heavy atom. The Bertz CT molecular complexity index is 450. The van der Waals surface area contributed by atoms with Gasteiger partial charge >= 0.3 is 6.18 Å². The molecule has 1 unspecified atom stereocenters. The van der Waals surface area contributed by atoms with Gasteiger partial charge in [-0.1, -0.05) is 0 Å². The van der Waals surface area contributed by atoms with Crippen LogP contribution in [0.4, 0.5) is 18.9 Å². The van der Waals surface area contributed by atoms with E-state index in [0.29, 0.717) is 18.7 Å². The van der Waals surface area contributed by atoms with E-state index in [-0.39, 0.29) is 11.8 Å². The van der Waals surface area contributed by atoms with Crippen LogP contribution in [-0.4, -0.2) is 19.1 Å². The van der Waals surface area contributed by atoms with Gasteiger partial charge < -0.3 is 10.1 Å². The highest BCUT2D eigenvalue weighted by Crippen LogP contribution is 2.29. The van der Waals surface area contributed by atoms with E-state index in [0.717, 1.165) is 31.6 Å². The number of hydrogen-bond donors (Lipinski definition) is 1. The molecule has 1 aliphatic heterocycles. The van der Waals surface area contributed by atoms with Crippen molar-refractivity contribution in [1.29, 1.82) is 0 Å². The maximum absolute atomic E-state index is 12.4. The van der Waals surface area contributed by atoms with Gasteiger partial charge in [0.05, 0.1) is 5.56 Å². The molecule has 20 heavy (non-hydrogen) atoms. The molecule has 2 rings (SSSR count). The van der Waals surface area contributed by atoms with E-state index in [2.05, 4.69) is 5.32 Å². The van der Waals surface area contributed by atoms with Gasteiger partial charge in [0, 0.05) is 25.3 Å². The topological polar surface area (TPSA) is 38.3 Å². The molecular weight excluding hydrogens is 271 g/mol. The summed E-state index contributed by atoms with van der Waals surface area (Å²) in [6, 6.07) is 4.44. The maximum atomic E-state index is 12.4. The van der Waals surface area contributed by atoms with Crippen molar-refractivity contribution in [3.63, 3.8) is 0 Å². The number of rotatable bonds is 3. The van der Waals surface area contributed by atoms with Crippen molar-refractivity contribution in [2.45, 2.75) is 25.4 Å². The number of ether oxygens (including phenoxy) is 1. The molecule has 110 valence electrons. The van der Waals surface area contributed by atoms with Crippen LogP contribution in [0.1, 0.15) is 24.8 Å². The fourth-order valence-corrected chi connectivity index (χ4v) is 2.19. The van der Waals surface area contributed by atoms with Crippen molar-refractivity contribution in [3.05, 3.63) is 29.8 Å². The predicted octanol–water partition coefficient (Wildman–Crippen LogP) is 3.46. The molecular formula is C14H16F3NO2. The third-order valence-electron chi connectivity index (χ3n) is 3.22. The van der Waals surface area contributed by atoms with Crippen molar-refractivity contribution in [2.24, 2.45) is 5.92 Å². The summed E-state index contributed by atoms with van der Waals surface area (Å²) in [5.41, 5.74) is -0.351. The second kappa shape index (κ2) is 6.26. The molecule has 1 atom stereocenters. The molecule has 0 aromatic heterocycles. The van der Waals surface area contributed by atoms with Gasteiger partial charge in [-0.05, 0) is 43.0 Å². The summed E-state index contributed by atoms with van der Waals surface area (Å²) in [6.45, 7) is 1.30. The van der Waals surface area contributed by atoms with Crippen molar-refractivity contribution >= 4 is 11.6 Å². The molecule has 1 aromatic rings. The van der Waals surface area contributed by atoms with Gasteiger partial charge in [0.1, 0.15) is 0 Å². The monoisotopic (exact) mass is 287 g/mol. The smallest absolute Gasteiger partial charge is 0.381 e. The molecule has 0 spiro atoms. The third-order valence-corrected chi connectivity index (χ3v) is 3.22. The van der Waals surface area contributed by atoms with E-state index in [4.69, 9.17) is 4.74 Å². The predicted molar refractivity (Wildman–Crippen MR) is 68.2 cm³/mol. The number of amides is 1. The molecule has 6 heteroatoms. The fraction of sp³-hybridized carbons (Fsp3) is 0.500. The quantitative estimate of drug-likeness (QED) is 0.924. The van der Waals surface area contributed by atoms with E-state index in [1.165, 1.54) is 12.1 Å². The van der Waals surface area contributed by atoms with Gasteiger partial charge in [0.2, 0.25) is 5.91 Å². The lowest BCUT2D eigenvalue weighted by atomic mass is 9.98. The Labute approximate surface area is 115 Å². The largest absolute Gasteiger partial charge is 0.416 e. The fourth-order valence-electron chi connectivity index (χ4n) is 2.19. The van der Waals surface area contributed by atoms with Gasteiger partial charge in [-0.15, -0.1) is 0 Å². The number of halogens is 3. The minimum Gasteiger partial charge on any atom is -0.381 e. The second-order valence-electron chi connectivity index (χ2n) is 4.91. The standard InChI is InChI=1S/C14H16F3NO2/c15-14(16,17)11-3-5-12(6-4-11)18-13(19)8-10-2-1-7-20-9-10/h3-6,10H,1-2,7-9H2,(H,18,19). The van der Waals surface area contributed by atoms with Crippen LogP contribution in [0.15, 0.2) is 24.3 Å². The molecule has 1 saturated heterocycles. The highest BCUT2D eigenvalue weighted by atomic mass is 19.4. The van der Waals surface area contributed by atoms with E-state index >= 15 is 0 Å². The summed E-state index contributed by atoms with van der Waals surface area (Å²) < 4.78 is 42.5. The number of nitrogens with one attached hydrogen (secondary N) is 1. The number of carbonyl (C=O) groups is 1. The molecule has 0 radical (unpaired) electrons. The first-order valence-corrected chi connectivity index (χ1v) is 6.50. The van der Waals surface area contributed by atoms with Crippen molar-refractivity contribution in [2.75, 3.05) is 18.5 Å². The van der Waals surface area contributed by atoms with E-state index in [1.54, 1.807) is 0 Å². The van der Waals surface area contributed by atoms with Crippen LogP contribution in [0.25, 0.3) is 0 Å². The number of carbonyl (C=O) groups excluding carboxylic acids is 1. The minimum atomic E-state index is -4.36. The lowest BCUT2D eigenvalue weighted by molar-refractivity contribution is -0.137. The number of benzene rings is 1. The molecule has 1 fully saturated rings. The Morgan fingerprint density at radius 3 is 2.55 bits per heavy atom. The van der Waals surface area contributed by atoms with Crippen LogP contribution in [0.5, 0.6) is 0 Å². The van der Waals surface area contributed by atoms with Crippen molar-refractivity contribution in [1.82, 2.24) is 0 Å². The maximum Gasteiger partial charge on any atom is 0.416 e. The SMILES string of the molecule is O=C(CC1CCCOC1)Nc1ccc(C(F)(F)F)cc1. The van der Waals surface area contributed by atoms with E-state index in [9.17, 15) is 18.0 Å². The molecule has 0 aliphatic carbocycles. The molecule has 1 heterocycles. The molecule has 1 aromatic carbocycles. The Balaban J connectivity index is 1.87. The zero-order chi connectivity index (χ0) is 14.6. The number of hydrogen-bond acceptors (Lipinski definition) is 2. The van der Waals surface area contributed by atoms with Crippen LogP contribution in [0.2, 0.25) is 0 Å². The Morgan fingerprint density at radius 2 is 2.00 bits per heavy atom. The van der Waals surface area contributed by atoms with Crippen LogP contribution in [-0.2, 0) is 15.7 Å². The van der Waals surface area contributed by atoms with Gasteiger partial charge in [-0.2, -0.15) is 13.2 Å². The second-order valence-corrected chi connectivity index (χ2v) is 4.91. The van der Waals surface area contributed by atoms with Gasteiger partial charge in [-0.25, -0.2) is 0 Å². The van der Waals surface area contributed by atoms with Crippen molar-refractivity contribution in [3.8, 4) is 0 Å². The minimum absolute atomic E-state index is 0.193. The molecule has 0 saturated carbocycles. The Kier molecular flexibility index (Phi) is 4.65. The third kappa shape index (κ3) is 4.23. The van der Waals surface area contributed by atoms with Crippen LogP contribution in [0, 0.1) is 5.92 Å².